The molecule has 0 heterocycles. The van der Waals surface area contributed by atoms with Gasteiger partial charge in [0.1, 0.15) is 22.3 Å². The lowest BCUT2D eigenvalue weighted by Gasteiger charge is -2.08. The van der Waals surface area contributed by atoms with Crippen molar-refractivity contribution in [2.75, 3.05) is 7.11 Å². The summed E-state index contributed by atoms with van der Waals surface area (Å²) in [6.07, 6.45) is 0.0264. The van der Waals surface area contributed by atoms with Crippen LogP contribution in [0.2, 0.25) is 0 Å². The van der Waals surface area contributed by atoms with Crippen LogP contribution in [-0.2, 0) is 26.1 Å². The van der Waals surface area contributed by atoms with E-state index in [1.54, 1.807) is 0 Å². The molecule has 0 aliphatic heterocycles. The van der Waals surface area contributed by atoms with Crippen LogP contribution in [0.15, 0.2) is 47.4 Å². The van der Waals surface area contributed by atoms with Gasteiger partial charge in [0.2, 0.25) is 0 Å². The maximum absolute atomic E-state index is 13.1. The van der Waals surface area contributed by atoms with Crippen LogP contribution in [-0.4, -0.2) is 21.5 Å². The van der Waals surface area contributed by atoms with Crippen molar-refractivity contribution in [2.45, 2.75) is 11.3 Å². The summed E-state index contributed by atoms with van der Waals surface area (Å²) in [7, 11) is -3.12. The quantitative estimate of drug-likeness (QED) is 0.617. The number of esters is 1. The highest BCUT2D eigenvalue weighted by Gasteiger charge is 2.19. The maximum Gasteiger partial charge on any atom is 0.339 e. The first-order valence-electron chi connectivity index (χ1n) is 6.36. The van der Waals surface area contributed by atoms with Crippen molar-refractivity contribution < 1.29 is 30.9 Å². The highest BCUT2D eigenvalue weighted by atomic mass is 32.2. The van der Waals surface area contributed by atoms with Crippen molar-refractivity contribution in [3.05, 3.63) is 59.7 Å². The highest BCUT2D eigenvalue weighted by molar-refractivity contribution is 7.87. The first-order chi connectivity index (χ1) is 10.8. The van der Waals surface area contributed by atoms with E-state index in [-0.39, 0.29) is 12.2 Å². The Hall–Kier alpha value is -2.48. The number of ether oxygens (including phenoxy) is 1. The molecule has 0 bridgehead atoms. The molecular formula is C15H12F2O5S. The molecule has 0 unspecified atom stereocenters. The van der Waals surface area contributed by atoms with Crippen molar-refractivity contribution in [1.29, 1.82) is 0 Å². The van der Waals surface area contributed by atoms with Crippen LogP contribution in [0.4, 0.5) is 8.78 Å². The first kappa shape index (κ1) is 16.9. The molecule has 0 amide bonds. The van der Waals surface area contributed by atoms with Crippen LogP contribution in [0.25, 0.3) is 0 Å². The lowest BCUT2D eigenvalue weighted by molar-refractivity contribution is -0.139. The van der Waals surface area contributed by atoms with Crippen LogP contribution in [0.5, 0.6) is 5.75 Å². The normalized spacial score (nSPS) is 11.1. The van der Waals surface area contributed by atoms with Gasteiger partial charge in [-0.2, -0.15) is 8.42 Å². The third kappa shape index (κ3) is 4.49. The third-order valence-corrected chi connectivity index (χ3v) is 4.06. The summed E-state index contributed by atoms with van der Waals surface area (Å²) < 4.78 is 59.5. The third-order valence-electron chi connectivity index (χ3n) is 2.83. The zero-order valence-corrected chi connectivity index (χ0v) is 12.8. The van der Waals surface area contributed by atoms with Gasteiger partial charge in [-0.05, 0) is 29.8 Å². The Morgan fingerprint density at radius 2 is 1.61 bits per heavy atom. The zero-order chi connectivity index (χ0) is 17.0. The lowest BCUT2D eigenvalue weighted by Crippen LogP contribution is -2.10. The van der Waals surface area contributed by atoms with Crippen LogP contribution in [0.1, 0.15) is 5.56 Å². The van der Waals surface area contributed by atoms with Gasteiger partial charge in [-0.3, -0.25) is 4.79 Å². The maximum atomic E-state index is 13.1. The fraction of sp³-hybridized carbons (Fsp3) is 0.133. The molecule has 0 fully saturated rings. The summed E-state index contributed by atoms with van der Waals surface area (Å²) in [5.74, 6) is -2.55. The summed E-state index contributed by atoms with van der Waals surface area (Å²) in [6.45, 7) is 0. The van der Waals surface area contributed by atoms with E-state index in [1.165, 1.54) is 31.4 Å². The van der Waals surface area contributed by atoms with Gasteiger partial charge in [0.05, 0.1) is 13.5 Å². The number of hydrogen-bond acceptors (Lipinski definition) is 5. The van der Waals surface area contributed by atoms with E-state index in [0.717, 1.165) is 0 Å². The second kappa shape index (κ2) is 6.74. The van der Waals surface area contributed by atoms with Crippen LogP contribution < -0.4 is 4.18 Å². The minimum Gasteiger partial charge on any atom is -0.469 e. The van der Waals surface area contributed by atoms with Crippen molar-refractivity contribution in [1.82, 2.24) is 0 Å². The van der Waals surface area contributed by atoms with Gasteiger partial charge >= 0.3 is 16.1 Å². The summed E-state index contributed by atoms with van der Waals surface area (Å²) >= 11 is 0. The largest absolute Gasteiger partial charge is 0.469 e. The van der Waals surface area contributed by atoms with Gasteiger partial charge in [0.15, 0.2) is 0 Å². The van der Waals surface area contributed by atoms with Crippen molar-refractivity contribution in [2.24, 2.45) is 0 Å². The minimum absolute atomic E-state index is 0.0264. The monoisotopic (exact) mass is 342 g/mol. The Balaban J connectivity index is 2.19. The Morgan fingerprint density at radius 3 is 2.13 bits per heavy atom. The molecule has 2 aromatic carbocycles. The van der Waals surface area contributed by atoms with Gasteiger partial charge in [0.25, 0.3) is 0 Å². The number of hydrogen-bond donors (Lipinski definition) is 0. The molecule has 0 saturated carbocycles. The van der Waals surface area contributed by atoms with Gasteiger partial charge in [0, 0.05) is 6.07 Å². The predicted octanol–water partition coefficient (Wildman–Crippen LogP) is 2.45. The highest BCUT2D eigenvalue weighted by Crippen LogP contribution is 2.21. The van der Waals surface area contributed by atoms with Crippen LogP contribution in [0, 0.1) is 11.6 Å². The Kier molecular flexibility index (Phi) is 4.95. The molecule has 0 radical (unpaired) electrons. The number of rotatable bonds is 5. The molecule has 0 spiro atoms. The fourth-order valence-electron chi connectivity index (χ4n) is 1.75. The van der Waals surface area contributed by atoms with Crippen LogP contribution in [0.3, 0.4) is 0 Å². The summed E-state index contributed by atoms with van der Waals surface area (Å²) in [5, 5.41) is 0. The Morgan fingerprint density at radius 1 is 1.04 bits per heavy atom. The standard InChI is InChI=1S/C15H12F2O5S/c1-21-15(18)6-10-2-4-13(5-3-10)22-23(19,20)14-8-11(16)7-12(17)9-14/h2-5,7-9H,6H2,1H3. The molecule has 0 atom stereocenters. The number of carbonyl (C=O) groups is 1. The van der Waals surface area contributed by atoms with E-state index < -0.39 is 32.6 Å². The number of benzene rings is 2. The number of methoxy groups -OCH3 is 1. The van der Waals surface area contributed by atoms with Crippen molar-refractivity contribution in [3.63, 3.8) is 0 Å². The SMILES string of the molecule is COC(=O)Cc1ccc(OS(=O)(=O)c2cc(F)cc(F)c2)cc1. The molecule has 2 aromatic rings. The molecule has 23 heavy (non-hydrogen) atoms. The predicted molar refractivity (Wildman–Crippen MR) is 76.3 cm³/mol. The lowest BCUT2D eigenvalue weighted by atomic mass is 10.1. The van der Waals surface area contributed by atoms with Crippen LogP contribution >= 0.6 is 0 Å². The number of halogens is 2. The molecule has 0 aromatic heterocycles. The fourth-order valence-corrected chi connectivity index (χ4v) is 2.72. The average molecular weight is 342 g/mol. The summed E-state index contributed by atoms with van der Waals surface area (Å²) in [5.41, 5.74) is 0.596. The molecular weight excluding hydrogens is 330 g/mol. The second-order valence-corrected chi connectivity index (χ2v) is 6.09. The molecule has 0 saturated heterocycles. The van der Waals surface area contributed by atoms with Gasteiger partial charge < -0.3 is 8.92 Å². The Labute approximate surface area is 131 Å². The van der Waals surface area contributed by atoms with E-state index >= 15 is 0 Å². The van der Waals surface area contributed by atoms with E-state index in [4.69, 9.17) is 4.18 Å². The van der Waals surface area contributed by atoms with Crippen molar-refractivity contribution >= 4 is 16.1 Å². The van der Waals surface area contributed by atoms with E-state index in [9.17, 15) is 22.0 Å². The molecule has 0 aliphatic rings. The molecule has 2 rings (SSSR count). The molecule has 0 N–H and O–H groups in total. The Bertz CT molecular complexity index is 796. The topological polar surface area (TPSA) is 69.7 Å². The van der Waals surface area contributed by atoms with Crippen molar-refractivity contribution in [3.8, 4) is 5.75 Å². The number of carbonyl (C=O) groups excluding carboxylic acids is 1. The van der Waals surface area contributed by atoms with Gasteiger partial charge in [-0.15, -0.1) is 0 Å². The smallest absolute Gasteiger partial charge is 0.339 e. The summed E-state index contributed by atoms with van der Waals surface area (Å²) in [4.78, 5) is 10.5. The average Bonchev–Trinajstić information content (AvgIpc) is 2.48. The second-order valence-electron chi connectivity index (χ2n) is 4.54. The molecule has 5 nitrogen and oxygen atoms in total. The van der Waals surface area contributed by atoms with E-state index in [0.29, 0.717) is 23.8 Å². The molecule has 122 valence electrons. The van der Waals surface area contributed by atoms with Gasteiger partial charge in [-0.25, -0.2) is 8.78 Å². The zero-order valence-electron chi connectivity index (χ0n) is 12.0. The minimum atomic E-state index is -4.37. The summed E-state index contributed by atoms with van der Waals surface area (Å²) in [6, 6.07) is 7.48. The van der Waals surface area contributed by atoms with Gasteiger partial charge in [-0.1, -0.05) is 12.1 Å². The first-order valence-corrected chi connectivity index (χ1v) is 7.77. The van der Waals surface area contributed by atoms with E-state index in [1.807, 2.05) is 0 Å². The molecule has 0 aliphatic carbocycles. The molecule has 8 heteroatoms. The van der Waals surface area contributed by atoms with E-state index in [2.05, 4.69) is 4.74 Å².